The number of anilines is 2. The van der Waals surface area contributed by atoms with E-state index in [1.54, 1.807) is 24.4 Å². The average Bonchev–Trinajstić information content (AvgIpc) is 2.65. The lowest BCUT2D eigenvalue weighted by atomic mass is 10.1. The van der Waals surface area contributed by atoms with E-state index in [2.05, 4.69) is 49.2 Å². The molecule has 0 unspecified atom stereocenters. The van der Waals surface area contributed by atoms with Gasteiger partial charge >= 0.3 is 0 Å². The van der Waals surface area contributed by atoms with Crippen LogP contribution in [-0.2, 0) is 0 Å². The summed E-state index contributed by atoms with van der Waals surface area (Å²) in [5.41, 5.74) is 4.00. The van der Waals surface area contributed by atoms with Crippen LogP contribution in [0.4, 0.5) is 11.4 Å². The molecular formula is C22H28N2O2. The molecule has 2 rings (SSSR count). The first-order valence-electron chi connectivity index (χ1n) is 9.14. The Kier molecular flexibility index (Phi) is 7.27. The van der Waals surface area contributed by atoms with Crippen molar-refractivity contribution in [2.45, 2.75) is 27.7 Å². The van der Waals surface area contributed by atoms with E-state index in [1.165, 1.54) is 5.69 Å². The fourth-order valence-corrected chi connectivity index (χ4v) is 2.78. The van der Waals surface area contributed by atoms with Gasteiger partial charge in [0.1, 0.15) is 5.75 Å². The second-order valence-electron chi connectivity index (χ2n) is 5.97. The van der Waals surface area contributed by atoms with Crippen molar-refractivity contribution in [3.05, 3.63) is 65.9 Å². The molecular weight excluding hydrogens is 324 g/mol. The van der Waals surface area contributed by atoms with Crippen molar-refractivity contribution < 1.29 is 9.53 Å². The fraction of sp³-hybridized carbons (Fsp3) is 0.318. The minimum absolute atomic E-state index is 0.0436. The SMILES string of the molecule is CCOc1ccc(C(=O)/C=C/Nc2ccc(N(CC)CC)cc2C)cc1. The molecule has 0 saturated heterocycles. The number of aryl methyl sites for hydroxylation is 1. The molecule has 0 atom stereocenters. The third kappa shape index (κ3) is 5.12. The van der Waals surface area contributed by atoms with E-state index < -0.39 is 0 Å². The Morgan fingerprint density at radius 2 is 1.77 bits per heavy atom. The Morgan fingerprint density at radius 1 is 1.08 bits per heavy atom. The Bertz CT molecular complexity index is 747. The zero-order valence-corrected chi connectivity index (χ0v) is 16.1. The van der Waals surface area contributed by atoms with Gasteiger partial charge < -0.3 is 15.0 Å². The van der Waals surface area contributed by atoms with Gasteiger partial charge in [-0.1, -0.05) is 0 Å². The summed E-state index contributed by atoms with van der Waals surface area (Å²) in [4.78, 5) is 14.5. The predicted octanol–water partition coefficient (Wildman–Crippen LogP) is 5.05. The lowest BCUT2D eigenvalue weighted by Crippen LogP contribution is -2.21. The van der Waals surface area contributed by atoms with Crippen LogP contribution in [-0.4, -0.2) is 25.5 Å². The lowest BCUT2D eigenvalue weighted by Gasteiger charge is -2.22. The standard InChI is InChI=1S/C22H28N2O2/c1-5-24(6-2)19-10-13-21(17(4)16-19)23-15-14-22(25)18-8-11-20(12-9-18)26-7-3/h8-16,23H,5-7H2,1-4H3/b15-14+. The number of ketones is 1. The summed E-state index contributed by atoms with van der Waals surface area (Å²) in [6, 6.07) is 13.5. The molecule has 0 radical (unpaired) electrons. The van der Waals surface area contributed by atoms with Gasteiger partial charge in [-0.3, -0.25) is 4.79 Å². The van der Waals surface area contributed by atoms with Gasteiger partial charge in [-0.15, -0.1) is 0 Å². The minimum Gasteiger partial charge on any atom is -0.494 e. The van der Waals surface area contributed by atoms with Crippen molar-refractivity contribution in [1.29, 1.82) is 0 Å². The van der Waals surface area contributed by atoms with Crippen molar-refractivity contribution in [2.24, 2.45) is 0 Å². The number of nitrogens with one attached hydrogen (secondary N) is 1. The number of rotatable bonds is 9. The third-order valence-corrected chi connectivity index (χ3v) is 4.26. The zero-order chi connectivity index (χ0) is 18.9. The van der Waals surface area contributed by atoms with E-state index in [0.717, 1.165) is 30.1 Å². The first kappa shape index (κ1) is 19.6. The number of hydrogen-bond acceptors (Lipinski definition) is 4. The number of nitrogens with zero attached hydrogens (tertiary/aromatic N) is 1. The van der Waals surface area contributed by atoms with Gasteiger partial charge in [0.25, 0.3) is 0 Å². The topological polar surface area (TPSA) is 41.6 Å². The molecule has 0 fully saturated rings. The van der Waals surface area contributed by atoms with Crippen LogP contribution in [0.1, 0.15) is 36.7 Å². The van der Waals surface area contributed by atoms with Gasteiger partial charge in [0.15, 0.2) is 5.78 Å². The van der Waals surface area contributed by atoms with Crippen molar-refractivity contribution in [3.8, 4) is 5.75 Å². The summed E-state index contributed by atoms with van der Waals surface area (Å²) in [7, 11) is 0. The van der Waals surface area contributed by atoms with Crippen LogP contribution in [0.15, 0.2) is 54.7 Å². The van der Waals surface area contributed by atoms with E-state index in [-0.39, 0.29) is 5.78 Å². The first-order chi connectivity index (χ1) is 12.6. The van der Waals surface area contributed by atoms with Gasteiger partial charge in [0, 0.05) is 42.3 Å². The summed E-state index contributed by atoms with van der Waals surface area (Å²) in [6.45, 7) is 10.9. The molecule has 0 spiro atoms. The van der Waals surface area contributed by atoms with Crippen LogP contribution in [0.5, 0.6) is 5.75 Å². The highest BCUT2D eigenvalue weighted by molar-refractivity contribution is 6.04. The van der Waals surface area contributed by atoms with Gasteiger partial charge in [0.05, 0.1) is 6.61 Å². The highest BCUT2D eigenvalue weighted by Crippen LogP contribution is 2.22. The fourth-order valence-electron chi connectivity index (χ4n) is 2.78. The Morgan fingerprint density at radius 3 is 2.35 bits per heavy atom. The van der Waals surface area contributed by atoms with Gasteiger partial charge in [-0.25, -0.2) is 0 Å². The summed E-state index contributed by atoms with van der Waals surface area (Å²) in [5, 5.41) is 3.20. The van der Waals surface area contributed by atoms with Crippen molar-refractivity contribution in [3.63, 3.8) is 0 Å². The molecule has 2 aromatic carbocycles. The monoisotopic (exact) mass is 352 g/mol. The maximum Gasteiger partial charge on any atom is 0.187 e. The lowest BCUT2D eigenvalue weighted by molar-refractivity contribution is 0.104. The molecule has 0 aliphatic heterocycles. The average molecular weight is 352 g/mol. The van der Waals surface area contributed by atoms with Crippen LogP contribution in [0.25, 0.3) is 0 Å². The molecule has 0 aliphatic rings. The molecule has 4 nitrogen and oxygen atoms in total. The number of allylic oxidation sites excluding steroid dienone is 1. The number of ether oxygens (including phenoxy) is 1. The minimum atomic E-state index is -0.0436. The highest BCUT2D eigenvalue weighted by Gasteiger charge is 2.05. The van der Waals surface area contributed by atoms with E-state index in [9.17, 15) is 4.79 Å². The molecule has 0 aromatic heterocycles. The number of hydrogen-bond donors (Lipinski definition) is 1. The Labute approximate surface area is 156 Å². The maximum atomic E-state index is 12.2. The number of carbonyl (C=O) groups is 1. The molecule has 138 valence electrons. The third-order valence-electron chi connectivity index (χ3n) is 4.26. The van der Waals surface area contributed by atoms with Crippen LogP contribution < -0.4 is 15.0 Å². The zero-order valence-electron chi connectivity index (χ0n) is 16.1. The summed E-state index contributed by atoms with van der Waals surface area (Å²) >= 11 is 0. The van der Waals surface area contributed by atoms with Crippen molar-refractivity contribution in [2.75, 3.05) is 29.9 Å². The quantitative estimate of drug-likeness (QED) is 0.506. The molecule has 0 saturated carbocycles. The molecule has 0 aliphatic carbocycles. The predicted molar refractivity (Wildman–Crippen MR) is 109 cm³/mol. The van der Waals surface area contributed by atoms with Gasteiger partial charge in [0.2, 0.25) is 0 Å². The second-order valence-corrected chi connectivity index (χ2v) is 5.97. The van der Waals surface area contributed by atoms with Crippen LogP contribution in [0.3, 0.4) is 0 Å². The molecule has 0 bridgehead atoms. The van der Waals surface area contributed by atoms with Crippen molar-refractivity contribution >= 4 is 17.2 Å². The molecule has 0 heterocycles. The van der Waals surface area contributed by atoms with Crippen LogP contribution >= 0.6 is 0 Å². The van der Waals surface area contributed by atoms with Gasteiger partial charge in [-0.2, -0.15) is 0 Å². The molecule has 26 heavy (non-hydrogen) atoms. The Hall–Kier alpha value is -2.75. The second kappa shape index (κ2) is 9.66. The smallest absolute Gasteiger partial charge is 0.187 e. The molecule has 4 heteroatoms. The van der Waals surface area contributed by atoms with Crippen LogP contribution in [0.2, 0.25) is 0 Å². The summed E-state index contributed by atoms with van der Waals surface area (Å²) in [5.74, 6) is 0.730. The molecule has 2 aromatic rings. The summed E-state index contributed by atoms with van der Waals surface area (Å²) < 4.78 is 5.39. The number of carbonyl (C=O) groups excluding carboxylic acids is 1. The molecule has 1 N–H and O–H groups in total. The highest BCUT2D eigenvalue weighted by atomic mass is 16.5. The van der Waals surface area contributed by atoms with E-state index in [4.69, 9.17) is 4.74 Å². The van der Waals surface area contributed by atoms with Gasteiger partial charge in [-0.05, 0) is 75.7 Å². The van der Waals surface area contributed by atoms with E-state index >= 15 is 0 Å². The first-order valence-corrected chi connectivity index (χ1v) is 9.14. The maximum absolute atomic E-state index is 12.2. The summed E-state index contributed by atoms with van der Waals surface area (Å²) in [6.07, 6.45) is 3.24. The molecule has 0 amide bonds. The number of benzene rings is 2. The van der Waals surface area contributed by atoms with Crippen LogP contribution in [0, 0.1) is 6.92 Å². The Balaban J connectivity index is 2.00. The van der Waals surface area contributed by atoms with Crippen molar-refractivity contribution in [1.82, 2.24) is 0 Å². The normalized spacial score (nSPS) is 10.8. The largest absolute Gasteiger partial charge is 0.494 e. The van der Waals surface area contributed by atoms with E-state index in [1.807, 2.05) is 19.1 Å². The van der Waals surface area contributed by atoms with E-state index in [0.29, 0.717) is 12.2 Å².